The van der Waals surface area contributed by atoms with Gasteiger partial charge in [-0.25, -0.2) is 8.42 Å². The topological polar surface area (TPSA) is 109 Å². The molecule has 162 valence electrons. The van der Waals surface area contributed by atoms with Gasteiger partial charge >= 0.3 is 0 Å². The van der Waals surface area contributed by atoms with Gasteiger partial charge in [-0.2, -0.15) is 5.26 Å². The van der Waals surface area contributed by atoms with E-state index in [0.717, 1.165) is 10.8 Å². The molecule has 0 aromatic heterocycles. The fraction of sp³-hybridized carbons (Fsp3) is 0.261. The summed E-state index contributed by atoms with van der Waals surface area (Å²) in [6.45, 7) is 1.60. The van der Waals surface area contributed by atoms with Crippen molar-refractivity contribution in [2.45, 2.75) is 19.4 Å². The van der Waals surface area contributed by atoms with E-state index < -0.39 is 16.1 Å². The molecule has 0 heterocycles. The number of nitrogens with one attached hydrogen (secondary N) is 1. The predicted molar refractivity (Wildman–Crippen MR) is 119 cm³/mol. The molecule has 0 saturated carbocycles. The summed E-state index contributed by atoms with van der Waals surface area (Å²) in [5.41, 5.74) is 2.18. The lowest BCUT2D eigenvalue weighted by Gasteiger charge is -2.17. The van der Waals surface area contributed by atoms with Crippen LogP contribution in [0, 0.1) is 11.3 Å². The lowest BCUT2D eigenvalue weighted by Crippen LogP contribution is -2.16. The number of nitriles is 1. The number of benzene rings is 3. The van der Waals surface area contributed by atoms with Crippen molar-refractivity contribution in [1.29, 1.82) is 5.26 Å². The first-order chi connectivity index (χ1) is 14.8. The van der Waals surface area contributed by atoms with Gasteiger partial charge in [-0.15, -0.1) is 0 Å². The third-order valence-corrected chi connectivity index (χ3v) is 6.15. The van der Waals surface area contributed by atoms with E-state index in [0.29, 0.717) is 28.1 Å². The number of aliphatic hydroxyl groups excluding tert-OH is 1. The highest BCUT2D eigenvalue weighted by molar-refractivity contribution is 7.92. The van der Waals surface area contributed by atoms with E-state index in [4.69, 9.17) is 14.7 Å². The summed E-state index contributed by atoms with van der Waals surface area (Å²) in [6, 6.07) is 18.0. The van der Waals surface area contributed by atoms with Gasteiger partial charge in [-0.3, -0.25) is 4.72 Å². The van der Waals surface area contributed by atoms with Gasteiger partial charge in [0.15, 0.2) is 6.79 Å². The van der Waals surface area contributed by atoms with Crippen molar-refractivity contribution in [3.63, 3.8) is 0 Å². The lowest BCUT2D eigenvalue weighted by molar-refractivity contribution is 0.0510. The van der Waals surface area contributed by atoms with Crippen LogP contribution in [0.1, 0.15) is 29.7 Å². The maximum absolute atomic E-state index is 12.1. The number of sulfonamides is 1. The summed E-state index contributed by atoms with van der Waals surface area (Å²) in [5.74, 6) is 0.434. The normalized spacial score (nSPS) is 12.3. The maximum Gasteiger partial charge on any atom is 0.232 e. The van der Waals surface area contributed by atoms with E-state index in [1.54, 1.807) is 37.3 Å². The molecule has 7 nitrogen and oxygen atoms in total. The van der Waals surface area contributed by atoms with Crippen molar-refractivity contribution in [3.8, 4) is 11.8 Å². The molecule has 31 heavy (non-hydrogen) atoms. The van der Waals surface area contributed by atoms with Crippen LogP contribution in [-0.4, -0.2) is 33.2 Å². The molecule has 3 aromatic rings. The summed E-state index contributed by atoms with van der Waals surface area (Å²) >= 11 is 0. The van der Waals surface area contributed by atoms with E-state index >= 15 is 0 Å². The van der Waals surface area contributed by atoms with Gasteiger partial charge in [-0.1, -0.05) is 18.2 Å². The smallest absolute Gasteiger partial charge is 0.232 e. The Kier molecular flexibility index (Phi) is 7.13. The Bertz CT molecular complexity index is 1220. The zero-order chi connectivity index (χ0) is 22.4. The first-order valence-electron chi connectivity index (χ1n) is 9.72. The Morgan fingerprint density at radius 2 is 1.87 bits per heavy atom. The number of hydrogen-bond donors (Lipinski definition) is 2. The van der Waals surface area contributed by atoms with Crippen molar-refractivity contribution in [1.82, 2.24) is 0 Å². The molecule has 3 rings (SSSR count). The average molecular weight is 441 g/mol. The predicted octanol–water partition coefficient (Wildman–Crippen LogP) is 3.73. The second-order valence-electron chi connectivity index (χ2n) is 7.03. The number of ether oxygens (including phenoxy) is 2. The molecule has 0 aliphatic rings. The Hall–Kier alpha value is -3.12. The molecular formula is C23H24N2O5S. The van der Waals surface area contributed by atoms with Gasteiger partial charge in [0.25, 0.3) is 0 Å². The fourth-order valence-corrected chi connectivity index (χ4v) is 3.84. The minimum Gasteiger partial charge on any atom is -0.468 e. The number of fused-ring (bicyclic) bond motifs is 1. The highest BCUT2D eigenvalue weighted by atomic mass is 32.2. The first kappa shape index (κ1) is 22.6. The van der Waals surface area contributed by atoms with E-state index in [1.807, 2.05) is 24.3 Å². The summed E-state index contributed by atoms with van der Waals surface area (Å²) in [7, 11) is -1.98. The molecule has 1 atom stereocenters. The number of rotatable bonds is 9. The van der Waals surface area contributed by atoms with Crippen LogP contribution in [0.2, 0.25) is 0 Å². The largest absolute Gasteiger partial charge is 0.468 e. The van der Waals surface area contributed by atoms with Crippen molar-refractivity contribution in [2.24, 2.45) is 0 Å². The van der Waals surface area contributed by atoms with E-state index in [2.05, 4.69) is 10.8 Å². The Balaban J connectivity index is 1.93. The SMILES string of the molecule is CCS(=O)(=O)Nc1ccc(OCOC)cc1C[C@@H](O)c1ccc2ccc(C#N)cc2c1. The third kappa shape index (κ3) is 5.73. The van der Waals surface area contributed by atoms with Gasteiger partial charge in [0.05, 0.1) is 29.2 Å². The van der Waals surface area contributed by atoms with E-state index in [-0.39, 0.29) is 19.0 Å². The standard InChI is InChI=1S/C23H24N2O5S/c1-3-31(27,28)25-22-9-8-21(30-15-29-2)12-20(22)13-23(26)18-7-6-17-5-4-16(14-24)10-19(17)11-18/h4-12,23,25-26H,3,13,15H2,1-2H3/t23-/m1/s1. The molecule has 0 saturated heterocycles. The maximum atomic E-state index is 12.1. The summed E-state index contributed by atoms with van der Waals surface area (Å²) in [5, 5.41) is 21.8. The summed E-state index contributed by atoms with van der Waals surface area (Å²) < 4.78 is 37.1. The molecule has 0 radical (unpaired) electrons. The van der Waals surface area contributed by atoms with Crippen LogP contribution < -0.4 is 9.46 Å². The molecular weight excluding hydrogens is 416 g/mol. The van der Waals surface area contributed by atoms with Crippen LogP contribution in [0.15, 0.2) is 54.6 Å². The second-order valence-corrected chi connectivity index (χ2v) is 9.04. The summed E-state index contributed by atoms with van der Waals surface area (Å²) in [6.07, 6.45) is -0.729. The summed E-state index contributed by atoms with van der Waals surface area (Å²) in [4.78, 5) is 0. The van der Waals surface area contributed by atoms with Crippen LogP contribution in [0.4, 0.5) is 5.69 Å². The van der Waals surface area contributed by atoms with Crippen molar-refractivity contribution in [3.05, 3.63) is 71.3 Å². The van der Waals surface area contributed by atoms with Crippen LogP contribution in [-0.2, 0) is 21.2 Å². The minimum atomic E-state index is -3.49. The minimum absolute atomic E-state index is 0.0495. The Morgan fingerprint density at radius 1 is 1.10 bits per heavy atom. The molecule has 0 spiro atoms. The molecule has 0 amide bonds. The Labute approximate surface area is 181 Å². The van der Waals surface area contributed by atoms with Crippen LogP contribution in [0.25, 0.3) is 10.8 Å². The lowest BCUT2D eigenvalue weighted by atomic mass is 9.97. The monoisotopic (exact) mass is 440 g/mol. The Morgan fingerprint density at radius 3 is 2.58 bits per heavy atom. The van der Waals surface area contributed by atoms with Crippen molar-refractivity contribution >= 4 is 26.5 Å². The molecule has 0 bridgehead atoms. The quantitative estimate of drug-likeness (QED) is 0.491. The van der Waals surface area contributed by atoms with Crippen molar-refractivity contribution in [2.75, 3.05) is 24.4 Å². The molecule has 0 unspecified atom stereocenters. The van der Waals surface area contributed by atoms with Crippen LogP contribution in [0.5, 0.6) is 5.75 Å². The molecule has 2 N–H and O–H groups in total. The van der Waals surface area contributed by atoms with Gasteiger partial charge in [0.1, 0.15) is 5.75 Å². The first-order valence-corrected chi connectivity index (χ1v) is 11.4. The van der Waals surface area contributed by atoms with Crippen molar-refractivity contribution < 1.29 is 23.0 Å². The molecule has 8 heteroatoms. The zero-order valence-electron chi connectivity index (χ0n) is 17.3. The number of methoxy groups -OCH3 is 1. The van der Waals surface area contributed by atoms with Crippen LogP contribution in [0.3, 0.4) is 0 Å². The highest BCUT2D eigenvalue weighted by Crippen LogP contribution is 2.30. The van der Waals surface area contributed by atoms with Gasteiger partial charge in [0.2, 0.25) is 10.0 Å². The number of nitrogens with zero attached hydrogens (tertiary/aromatic N) is 1. The van der Waals surface area contributed by atoms with Gasteiger partial charge < -0.3 is 14.6 Å². The van der Waals surface area contributed by atoms with Gasteiger partial charge in [-0.05, 0) is 65.2 Å². The van der Waals surface area contributed by atoms with Gasteiger partial charge in [0, 0.05) is 13.5 Å². The fourth-order valence-electron chi connectivity index (χ4n) is 3.16. The van der Waals surface area contributed by atoms with Crippen LogP contribution >= 0.6 is 0 Å². The molecule has 3 aromatic carbocycles. The van der Waals surface area contributed by atoms with E-state index in [1.165, 1.54) is 7.11 Å². The molecule has 0 fully saturated rings. The third-order valence-electron chi connectivity index (χ3n) is 4.86. The number of aliphatic hydroxyl groups is 1. The number of anilines is 1. The number of hydrogen-bond acceptors (Lipinski definition) is 6. The molecule has 0 aliphatic heterocycles. The van der Waals surface area contributed by atoms with E-state index in [9.17, 15) is 13.5 Å². The molecule has 0 aliphatic carbocycles. The zero-order valence-corrected chi connectivity index (χ0v) is 18.1. The highest BCUT2D eigenvalue weighted by Gasteiger charge is 2.16. The second kappa shape index (κ2) is 9.79. The average Bonchev–Trinajstić information content (AvgIpc) is 2.78.